The molecule has 0 aliphatic carbocycles. The third-order valence-corrected chi connectivity index (χ3v) is 9.03. The minimum atomic E-state index is -0.142. The Labute approximate surface area is 260 Å². The second-order valence-corrected chi connectivity index (χ2v) is 12.3. The van der Waals surface area contributed by atoms with Gasteiger partial charge < -0.3 is 18.9 Å². The standard InChI is InChI=1S/C38H41ClO4/c1-3-27-14-16-28(17-15-27)18-31-19-34(36-26(2)22-42-38(36)37(31)39)35-21-32(41-24-30-12-8-5-9-13-30)20-33(43-35)25-40-23-29-10-6-4-7-11-29/h4-17,19,26,32-33,35H,3,18,20-25H2,1-2H3. The quantitative estimate of drug-likeness (QED) is 0.173. The smallest absolute Gasteiger partial charge is 0.142 e. The monoisotopic (exact) mass is 596 g/mol. The number of benzene rings is 4. The van der Waals surface area contributed by atoms with Gasteiger partial charge in [-0.25, -0.2) is 0 Å². The lowest BCUT2D eigenvalue weighted by molar-refractivity contribution is -0.142. The molecule has 0 radical (unpaired) electrons. The predicted molar refractivity (Wildman–Crippen MR) is 172 cm³/mol. The van der Waals surface area contributed by atoms with Crippen LogP contribution in [-0.4, -0.2) is 25.4 Å². The Hall–Kier alpha value is -3.15. The lowest BCUT2D eigenvalue weighted by atomic mass is 9.87. The van der Waals surface area contributed by atoms with Crippen LogP contribution in [0.15, 0.2) is 91.0 Å². The maximum Gasteiger partial charge on any atom is 0.142 e. The SMILES string of the molecule is CCc1ccc(Cc2cc(C3CC(OCc4ccccc4)CC(COCc4ccccc4)O3)c3c(c2Cl)OCC3C)cc1. The lowest BCUT2D eigenvalue weighted by Crippen LogP contribution is -2.36. The molecule has 4 atom stereocenters. The van der Waals surface area contributed by atoms with E-state index in [1.165, 1.54) is 27.8 Å². The molecule has 6 rings (SSSR count). The molecule has 0 bridgehead atoms. The number of rotatable bonds is 11. The van der Waals surface area contributed by atoms with Crippen molar-refractivity contribution in [3.8, 4) is 5.75 Å². The summed E-state index contributed by atoms with van der Waals surface area (Å²) < 4.78 is 25.8. The van der Waals surface area contributed by atoms with Crippen LogP contribution in [0.2, 0.25) is 5.02 Å². The third-order valence-electron chi connectivity index (χ3n) is 8.61. The summed E-state index contributed by atoms with van der Waals surface area (Å²) in [6.45, 7) is 6.66. The Morgan fingerprint density at radius 2 is 1.49 bits per heavy atom. The minimum absolute atomic E-state index is 0.0401. The van der Waals surface area contributed by atoms with Gasteiger partial charge in [0.25, 0.3) is 0 Å². The van der Waals surface area contributed by atoms with Gasteiger partial charge in [0, 0.05) is 24.3 Å². The Kier molecular flexibility index (Phi) is 9.80. The van der Waals surface area contributed by atoms with Crippen LogP contribution in [0, 0.1) is 0 Å². The highest BCUT2D eigenvalue weighted by atomic mass is 35.5. The zero-order chi connectivity index (χ0) is 29.6. The van der Waals surface area contributed by atoms with Gasteiger partial charge in [-0.1, -0.05) is 116 Å². The van der Waals surface area contributed by atoms with Gasteiger partial charge in [0.15, 0.2) is 0 Å². The zero-order valence-electron chi connectivity index (χ0n) is 25.1. The largest absolute Gasteiger partial charge is 0.491 e. The number of aryl methyl sites for hydroxylation is 1. The second kappa shape index (κ2) is 14.1. The van der Waals surface area contributed by atoms with Crippen LogP contribution in [0.25, 0.3) is 0 Å². The normalized spacial score (nSPS) is 21.4. The Balaban J connectivity index is 1.26. The number of hydrogen-bond donors (Lipinski definition) is 0. The predicted octanol–water partition coefficient (Wildman–Crippen LogP) is 9.01. The van der Waals surface area contributed by atoms with Crippen LogP contribution in [0.1, 0.15) is 77.7 Å². The molecule has 4 aromatic rings. The summed E-state index contributed by atoms with van der Waals surface area (Å²) in [4.78, 5) is 0. The van der Waals surface area contributed by atoms with Gasteiger partial charge >= 0.3 is 0 Å². The van der Waals surface area contributed by atoms with E-state index in [1.807, 2.05) is 24.3 Å². The van der Waals surface area contributed by atoms with E-state index in [2.05, 4.69) is 80.6 Å². The molecule has 1 fully saturated rings. The first-order chi connectivity index (χ1) is 21.1. The molecule has 2 aliphatic rings. The van der Waals surface area contributed by atoms with E-state index in [9.17, 15) is 0 Å². The van der Waals surface area contributed by atoms with Crippen molar-refractivity contribution in [2.75, 3.05) is 13.2 Å². The number of ether oxygens (including phenoxy) is 4. The van der Waals surface area contributed by atoms with Crippen LogP contribution < -0.4 is 4.74 Å². The Bertz CT molecular complexity index is 1470. The van der Waals surface area contributed by atoms with Crippen LogP contribution in [-0.2, 0) is 40.3 Å². The summed E-state index contributed by atoms with van der Waals surface area (Å²) in [6, 6.07) is 31.7. The first kappa shape index (κ1) is 29.9. The fourth-order valence-corrected chi connectivity index (χ4v) is 6.54. The van der Waals surface area contributed by atoms with E-state index >= 15 is 0 Å². The lowest BCUT2D eigenvalue weighted by Gasteiger charge is -2.36. The topological polar surface area (TPSA) is 36.9 Å². The van der Waals surface area contributed by atoms with Crippen LogP contribution in [0.4, 0.5) is 0 Å². The molecule has 224 valence electrons. The van der Waals surface area contributed by atoms with Gasteiger partial charge in [-0.2, -0.15) is 0 Å². The molecule has 0 spiro atoms. The average Bonchev–Trinajstić information content (AvgIpc) is 3.44. The molecule has 2 aliphatic heterocycles. The van der Waals surface area contributed by atoms with E-state index in [1.54, 1.807) is 0 Å². The van der Waals surface area contributed by atoms with Crippen molar-refractivity contribution in [2.24, 2.45) is 0 Å². The first-order valence-electron chi connectivity index (χ1n) is 15.6. The summed E-state index contributed by atoms with van der Waals surface area (Å²) in [7, 11) is 0. The minimum Gasteiger partial charge on any atom is -0.491 e. The molecule has 4 aromatic carbocycles. The fourth-order valence-electron chi connectivity index (χ4n) is 6.26. The van der Waals surface area contributed by atoms with Gasteiger partial charge in [-0.05, 0) is 46.2 Å². The maximum absolute atomic E-state index is 7.03. The summed E-state index contributed by atoms with van der Waals surface area (Å²) in [6.07, 6.45) is 3.14. The third kappa shape index (κ3) is 7.33. The zero-order valence-corrected chi connectivity index (χ0v) is 25.9. The number of fused-ring (bicyclic) bond motifs is 1. The highest BCUT2D eigenvalue weighted by molar-refractivity contribution is 6.33. The van der Waals surface area contributed by atoms with E-state index in [0.29, 0.717) is 26.4 Å². The average molecular weight is 597 g/mol. The van der Waals surface area contributed by atoms with E-state index < -0.39 is 0 Å². The molecular formula is C38H41ClO4. The molecular weight excluding hydrogens is 556 g/mol. The molecule has 0 amide bonds. The summed E-state index contributed by atoms with van der Waals surface area (Å²) in [5.41, 5.74) is 8.31. The van der Waals surface area contributed by atoms with Crippen molar-refractivity contribution >= 4 is 11.6 Å². The van der Waals surface area contributed by atoms with Crippen LogP contribution in [0.5, 0.6) is 5.75 Å². The molecule has 5 heteroatoms. The molecule has 4 unspecified atom stereocenters. The van der Waals surface area contributed by atoms with Crippen molar-refractivity contribution in [3.05, 3.63) is 135 Å². The van der Waals surface area contributed by atoms with Gasteiger partial charge in [0.05, 0.1) is 49.8 Å². The van der Waals surface area contributed by atoms with E-state index in [4.69, 9.17) is 30.5 Å². The van der Waals surface area contributed by atoms with Crippen molar-refractivity contribution in [1.29, 1.82) is 0 Å². The number of hydrogen-bond acceptors (Lipinski definition) is 4. The van der Waals surface area contributed by atoms with E-state index in [0.717, 1.165) is 47.6 Å². The Morgan fingerprint density at radius 1 is 0.814 bits per heavy atom. The van der Waals surface area contributed by atoms with Gasteiger partial charge in [-0.15, -0.1) is 0 Å². The molecule has 0 N–H and O–H groups in total. The van der Waals surface area contributed by atoms with Crippen molar-refractivity contribution in [3.63, 3.8) is 0 Å². The van der Waals surface area contributed by atoms with Crippen molar-refractivity contribution in [2.45, 2.75) is 77.0 Å². The summed E-state index contributed by atoms with van der Waals surface area (Å²) >= 11 is 7.03. The molecule has 0 aromatic heterocycles. The first-order valence-corrected chi connectivity index (χ1v) is 15.9. The molecule has 1 saturated heterocycles. The highest BCUT2D eigenvalue weighted by Gasteiger charge is 2.37. The van der Waals surface area contributed by atoms with Gasteiger partial charge in [0.2, 0.25) is 0 Å². The Morgan fingerprint density at radius 3 is 2.19 bits per heavy atom. The number of halogens is 1. The highest BCUT2D eigenvalue weighted by Crippen LogP contribution is 2.48. The van der Waals surface area contributed by atoms with Crippen LogP contribution in [0.3, 0.4) is 0 Å². The van der Waals surface area contributed by atoms with Crippen molar-refractivity contribution < 1.29 is 18.9 Å². The summed E-state index contributed by atoms with van der Waals surface area (Å²) in [5, 5.41) is 0.720. The maximum atomic E-state index is 7.03. The van der Waals surface area contributed by atoms with Crippen LogP contribution >= 0.6 is 11.6 Å². The molecule has 2 heterocycles. The second-order valence-electron chi connectivity index (χ2n) is 11.9. The van der Waals surface area contributed by atoms with Gasteiger partial charge in [0.1, 0.15) is 5.75 Å². The molecule has 4 nitrogen and oxygen atoms in total. The summed E-state index contributed by atoms with van der Waals surface area (Å²) in [5.74, 6) is 1.06. The van der Waals surface area contributed by atoms with Crippen molar-refractivity contribution in [1.82, 2.24) is 0 Å². The van der Waals surface area contributed by atoms with E-state index in [-0.39, 0.29) is 24.2 Å². The molecule has 43 heavy (non-hydrogen) atoms. The molecule has 0 saturated carbocycles. The fraction of sp³-hybridized carbons (Fsp3) is 0.368. The van der Waals surface area contributed by atoms with Gasteiger partial charge in [-0.3, -0.25) is 0 Å².